The Labute approximate surface area is 194 Å². The fourth-order valence-electron chi connectivity index (χ4n) is 3.19. The van der Waals surface area contributed by atoms with Gasteiger partial charge in [0.25, 0.3) is 0 Å². The van der Waals surface area contributed by atoms with Gasteiger partial charge < -0.3 is 15.0 Å². The molecule has 2 amide bonds. The molecular weight excluding hydrogens is 427 g/mol. The molecule has 2 rings (SSSR count). The van der Waals surface area contributed by atoms with Crippen LogP contribution in [0.2, 0.25) is 0 Å². The highest BCUT2D eigenvalue weighted by atomic mass is 32.2. The second-order valence-corrected chi connectivity index (χ2v) is 9.04. The van der Waals surface area contributed by atoms with Crippen molar-refractivity contribution in [3.8, 4) is 5.75 Å². The molecule has 1 atom stereocenters. The summed E-state index contributed by atoms with van der Waals surface area (Å²) in [6, 6.07) is 13.2. The lowest BCUT2D eigenvalue weighted by Crippen LogP contribution is -2.50. The number of rotatable bonds is 12. The van der Waals surface area contributed by atoms with Crippen LogP contribution < -0.4 is 10.1 Å². The van der Waals surface area contributed by atoms with Gasteiger partial charge in [-0.3, -0.25) is 9.59 Å². The first kappa shape index (κ1) is 25.7. The van der Waals surface area contributed by atoms with Gasteiger partial charge in [-0.2, -0.15) is 0 Å². The molecular formula is C25H33FN2O3S. The van der Waals surface area contributed by atoms with Crippen LogP contribution in [0.3, 0.4) is 0 Å². The molecule has 5 nitrogen and oxygen atoms in total. The van der Waals surface area contributed by atoms with Crippen molar-refractivity contribution in [2.24, 2.45) is 5.92 Å². The molecule has 0 heterocycles. The summed E-state index contributed by atoms with van der Waals surface area (Å²) in [7, 11) is 1.62. The topological polar surface area (TPSA) is 58.6 Å². The van der Waals surface area contributed by atoms with Crippen LogP contribution in [-0.2, 0) is 21.9 Å². The van der Waals surface area contributed by atoms with Gasteiger partial charge in [-0.25, -0.2) is 4.39 Å². The second-order valence-electron chi connectivity index (χ2n) is 8.05. The molecule has 0 unspecified atom stereocenters. The number of halogens is 1. The van der Waals surface area contributed by atoms with Crippen molar-refractivity contribution in [2.45, 2.75) is 45.5 Å². The van der Waals surface area contributed by atoms with Crippen LogP contribution in [0.4, 0.5) is 4.39 Å². The number of amides is 2. The smallest absolute Gasteiger partial charge is 0.242 e. The van der Waals surface area contributed by atoms with Crippen LogP contribution in [0.15, 0.2) is 48.5 Å². The predicted octanol–water partition coefficient (Wildman–Crippen LogP) is 4.65. The van der Waals surface area contributed by atoms with Crippen molar-refractivity contribution in [1.29, 1.82) is 0 Å². The average Bonchev–Trinajstić information content (AvgIpc) is 2.79. The van der Waals surface area contributed by atoms with Crippen LogP contribution in [0.25, 0.3) is 0 Å². The minimum atomic E-state index is -0.576. The lowest BCUT2D eigenvalue weighted by molar-refractivity contribution is -0.139. The molecule has 2 aromatic carbocycles. The maximum absolute atomic E-state index is 13.3. The summed E-state index contributed by atoms with van der Waals surface area (Å²) in [5, 5.41) is 2.94. The van der Waals surface area contributed by atoms with E-state index < -0.39 is 6.04 Å². The van der Waals surface area contributed by atoms with Crippen molar-refractivity contribution in [3.63, 3.8) is 0 Å². The first-order valence-corrected chi connectivity index (χ1v) is 12.0. The zero-order valence-electron chi connectivity index (χ0n) is 19.3. The number of nitrogens with one attached hydrogen (secondary N) is 1. The van der Waals surface area contributed by atoms with E-state index in [0.29, 0.717) is 24.6 Å². The summed E-state index contributed by atoms with van der Waals surface area (Å²) in [6.07, 6.45) is 0.500. The average molecular weight is 461 g/mol. The van der Waals surface area contributed by atoms with E-state index in [9.17, 15) is 14.0 Å². The SMILES string of the molecule is CC[C@H](C(=O)NCC(C)C)N(Cc1ccc(F)cc1)C(=O)CSCc1ccc(OC)cc1. The normalized spacial score (nSPS) is 11.8. The highest BCUT2D eigenvalue weighted by molar-refractivity contribution is 7.99. The zero-order valence-corrected chi connectivity index (χ0v) is 20.1. The van der Waals surface area contributed by atoms with Crippen LogP contribution >= 0.6 is 11.8 Å². The number of thioether (sulfide) groups is 1. The van der Waals surface area contributed by atoms with E-state index in [2.05, 4.69) is 5.32 Å². The van der Waals surface area contributed by atoms with Crippen molar-refractivity contribution in [3.05, 3.63) is 65.5 Å². The molecule has 0 aliphatic carbocycles. The Balaban J connectivity index is 2.09. The van der Waals surface area contributed by atoms with E-state index in [1.54, 1.807) is 24.1 Å². The fraction of sp³-hybridized carbons (Fsp3) is 0.440. The molecule has 0 fully saturated rings. The number of nitrogens with zero attached hydrogens (tertiary/aromatic N) is 1. The maximum Gasteiger partial charge on any atom is 0.242 e. The third-order valence-corrected chi connectivity index (χ3v) is 5.98. The standard InChI is InChI=1S/C25H33FN2O3S/c1-5-23(25(30)27-14-18(2)3)28(15-19-6-10-21(26)11-7-19)24(29)17-32-16-20-8-12-22(31-4)13-9-20/h6-13,18,23H,5,14-17H2,1-4H3,(H,27,30)/t23-/m1/s1. The Bertz CT molecular complexity index is 856. The van der Waals surface area contributed by atoms with Gasteiger partial charge >= 0.3 is 0 Å². The number of hydrogen-bond acceptors (Lipinski definition) is 4. The molecule has 7 heteroatoms. The highest BCUT2D eigenvalue weighted by Crippen LogP contribution is 2.19. The quantitative estimate of drug-likeness (QED) is 0.501. The Kier molecular flexibility index (Phi) is 10.5. The van der Waals surface area contributed by atoms with E-state index in [1.807, 2.05) is 45.0 Å². The molecule has 2 aromatic rings. The molecule has 0 radical (unpaired) electrons. The van der Waals surface area contributed by atoms with Gasteiger partial charge in [0, 0.05) is 18.8 Å². The van der Waals surface area contributed by atoms with Crippen LogP contribution in [-0.4, -0.2) is 42.2 Å². The fourth-order valence-corrected chi connectivity index (χ4v) is 4.06. The summed E-state index contributed by atoms with van der Waals surface area (Å²) < 4.78 is 18.5. The molecule has 0 aliphatic heterocycles. The molecule has 0 spiro atoms. The van der Waals surface area contributed by atoms with Gasteiger partial charge in [0.2, 0.25) is 11.8 Å². The van der Waals surface area contributed by atoms with Crippen molar-refractivity contribution in [1.82, 2.24) is 10.2 Å². The summed E-state index contributed by atoms with van der Waals surface area (Å²) >= 11 is 1.50. The third-order valence-electron chi connectivity index (χ3n) is 4.99. The van der Waals surface area contributed by atoms with E-state index in [-0.39, 0.29) is 29.9 Å². The predicted molar refractivity (Wildman–Crippen MR) is 128 cm³/mol. The summed E-state index contributed by atoms with van der Waals surface area (Å²) in [4.78, 5) is 27.6. The summed E-state index contributed by atoms with van der Waals surface area (Å²) in [5.41, 5.74) is 1.88. The van der Waals surface area contributed by atoms with Crippen LogP contribution in [0.1, 0.15) is 38.3 Å². The molecule has 32 heavy (non-hydrogen) atoms. The second kappa shape index (κ2) is 13.1. The first-order valence-electron chi connectivity index (χ1n) is 10.9. The molecule has 1 N–H and O–H groups in total. The molecule has 174 valence electrons. The van der Waals surface area contributed by atoms with E-state index in [4.69, 9.17) is 4.74 Å². The van der Waals surface area contributed by atoms with Gasteiger partial charge in [0.05, 0.1) is 12.9 Å². The van der Waals surface area contributed by atoms with Crippen molar-refractivity contribution in [2.75, 3.05) is 19.4 Å². The zero-order chi connectivity index (χ0) is 23.5. The Morgan fingerprint density at radius 2 is 1.69 bits per heavy atom. The number of hydrogen-bond donors (Lipinski definition) is 1. The molecule has 0 aliphatic rings. The molecule has 0 aromatic heterocycles. The Hall–Kier alpha value is -2.54. The Morgan fingerprint density at radius 1 is 1.06 bits per heavy atom. The van der Waals surface area contributed by atoms with Crippen molar-refractivity contribution < 1.29 is 18.7 Å². The number of methoxy groups -OCH3 is 1. The van der Waals surface area contributed by atoms with Gasteiger partial charge in [0.15, 0.2) is 0 Å². The number of benzene rings is 2. The van der Waals surface area contributed by atoms with Crippen LogP contribution in [0, 0.1) is 11.7 Å². The highest BCUT2D eigenvalue weighted by Gasteiger charge is 2.28. The van der Waals surface area contributed by atoms with Gasteiger partial charge in [-0.15, -0.1) is 11.8 Å². The summed E-state index contributed by atoms with van der Waals surface area (Å²) in [6.45, 7) is 6.77. The van der Waals surface area contributed by atoms with Crippen molar-refractivity contribution >= 4 is 23.6 Å². The minimum absolute atomic E-state index is 0.112. The molecule has 0 saturated heterocycles. The number of ether oxygens (including phenoxy) is 1. The van der Waals surface area contributed by atoms with E-state index in [1.165, 1.54) is 23.9 Å². The number of carbonyl (C=O) groups excluding carboxylic acids is 2. The lowest BCUT2D eigenvalue weighted by atomic mass is 10.1. The number of carbonyl (C=O) groups is 2. The first-order chi connectivity index (χ1) is 15.3. The van der Waals surface area contributed by atoms with Gasteiger partial charge in [-0.1, -0.05) is 45.0 Å². The van der Waals surface area contributed by atoms with Crippen LogP contribution in [0.5, 0.6) is 5.75 Å². The van der Waals surface area contributed by atoms with Gasteiger partial charge in [-0.05, 0) is 47.7 Å². The summed E-state index contributed by atoms with van der Waals surface area (Å²) in [5.74, 6) is 1.44. The lowest BCUT2D eigenvalue weighted by Gasteiger charge is -2.31. The maximum atomic E-state index is 13.3. The third kappa shape index (κ3) is 8.19. The van der Waals surface area contributed by atoms with E-state index in [0.717, 1.165) is 16.9 Å². The van der Waals surface area contributed by atoms with E-state index >= 15 is 0 Å². The molecule has 0 bridgehead atoms. The van der Waals surface area contributed by atoms with Gasteiger partial charge in [0.1, 0.15) is 17.6 Å². The Morgan fingerprint density at radius 3 is 2.25 bits per heavy atom. The monoisotopic (exact) mass is 460 g/mol. The molecule has 0 saturated carbocycles. The largest absolute Gasteiger partial charge is 0.497 e. The minimum Gasteiger partial charge on any atom is -0.497 e.